The van der Waals surface area contributed by atoms with E-state index in [1.165, 1.54) is 0 Å². The molecule has 0 fully saturated rings. The van der Waals surface area contributed by atoms with Crippen molar-refractivity contribution in [3.63, 3.8) is 0 Å². The average molecular weight is 234 g/mol. The van der Waals surface area contributed by atoms with Crippen molar-refractivity contribution in [1.29, 1.82) is 0 Å². The van der Waals surface area contributed by atoms with Crippen molar-refractivity contribution in [1.82, 2.24) is 0 Å². The second kappa shape index (κ2) is 6.55. The van der Waals surface area contributed by atoms with Crippen molar-refractivity contribution < 1.29 is 9.53 Å². The zero-order valence-corrected chi connectivity index (χ0v) is 11.0. The quantitative estimate of drug-likeness (QED) is 0.529. The van der Waals surface area contributed by atoms with Crippen LogP contribution in [0.4, 0.5) is 0 Å². The largest absolute Gasteiger partial charge is 0.376 e. The van der Waals surface area contributed by atoms with E-state index in [2.05, 4.69) is 20.8 Å². The summed E-state index contributed by atoms with van der Waals surface area (Å²) in [6.45, 7) is 6.91. The Kier molecular flexibility index (Phi) is 5.36. The van der Waals surface area contributed by atoms with E-state index in [4.69, 9.17) is 4.74 Å². The minimum Gasteiger partial charge on any atom is -0.376 e. The van der Waals surface area contributed by atoms with Crippen molar-refractivity contribution in [3.05, 3.63) is 35.9 Å². The lowest BCUT2D eigenvalue weighted by molar-refractivity contribution is -0.0211. The van der Waals surface area contributed by atoms with Gasteiger partial charge in [0.1, 0.15) is 0 Å². The summed E-state index contributed by atoms with van der Waals surface area (Å²) in [4.78, 5) is 11.8. The number of hydrogen-bond donors (Lipinski definition) is 0. The molecule has 0 saturated carbocycles. The number of hydrogen-bond acceptors (Lipinski definition) is 2. The number of ether oxygens (including phenoxy) is 1. The van der Waals surface area contributed by atoms with Crippen molar-refractivity contribution in [2.24, 2.45) is 0 Å². The molecule has 0 aliphatic carbocycles. The van der Waals surface area contributed by atoms with E-state index < -0.39 is 0 Å². The Balaban J connectivity index is 2.26. The maximum atomic E-state index is 11.8. The van der Waals surface area contributed by atoms with E-state index in [1.54, 1.807) is 0 Å². The van der Waals surface area contributed by atoms with Gasteiger partial charge in [0.15, 0.2) is 5.78 Å². The van der Waals surface area contributed by atoms with Crippen LogP contribution in [-0.2, 0) is 4.74 Å². The van der Waals surface area contributed by atoms with Gasteiger partial charge >= 0.3 is 0 Å². The molecule has 0 atom stereocenters. The van der Waals surface area contributed by atoms with Crippen LogP contribution in [0.5, 0.6) is 0 Å². The van der Waals surface area contributed by atoms with Gasteiger partial charge in [0.25, 0.3) is 0 Å². The van der Waals surface area contributed by atoms with E-state index in [1.807, 2.05) is 30.3 Å². The van der Waals surface area contributed by atoms with Crippen molar-refractivity contribution in [2.45, 2.75) is 45.6 Å². The van der Waals surface area contributed by atoms with E-state index in [9.17, 15) is 4.79 Å². The highest BCUT2D eigenvalue weighted by Gasteiger charge is 2.14. The first-order valence-corrected chi connectivity index (χ1v) is 6.27. The van der Waals surface area contributed by atoms with Gasteiger partial charge in [0.2, 0.25) is 0 Å². The first-order valence-electron chi connectivity index (χ1n) is 6.27. The Bertz CT molecular complexity index is 341. The molecule has 0 N–H and O–H groups in total. The Labute approximate surface area is 104 Å². The fraction of sp³-hybridized carbons (Fsp3) is 0.533. The molecule has 2 heteroatoms. The maximum absolute atomic E-state index is 11.8. The van der Waals surface area contributed by atoms with Crippen LogP contribution in [0.2, 0.25) is 0 Å². The molecule has 1 aromatic carbocycles. The summed E-state index contributed by atoms with van der Waals surface area (Å²) in [5.74, 6) is 0.198. The molecule has 0 radical (unpaired) electrons. The minimum absolute atomic E-state index is 0.0736. The van der Waals surface area contributed by atoms with Gasteiger partial charge in [-0.25, -0.2) is 0 Å². The molecule has 0 spiro atoms. The third kappa shape index (κ3) is 5.14. The predicted octanol–water partition coefficient (Wildman–Crippen LogP) is 3.85. The number of Topliss-reactive ketones (excluding diaryl/α,β-unsaturated/α-hetero) is 1. The van der Waals surface area contributed by atoms with Crippen LogP contribution in [0.1, 0.15) is 50.4 Å². The molecule has 0 amide bonds. The third-order valence-corrected chi connectivity index (χ3v) is 2.99. The van der Waals surface area contributed by atoms with Crippen LogP contribution in [0, 0.1) is 0 Å². The van der Waals surface area contributed by atoms with Gasteiger partial charge in [-0.15, -0.1) is 0 Å². The van der Waals surface area contributed by atoms with E-state index in [0.717, 1.165) is 18.4 Å². The summed E-state index contributed by atoms with van der Waals surface area (Å²) >= 11 is 0. The fourth-order valence-corrected chi connectivity index (χ4v) is 1.45. The molecule has 0 aliphatic heterocycles. The van der Waals surface area contributed by atoms with Gasteiger partial charge in [0.05, 0.1) is 5.60 Å². The van der Waals surface area contributed by atoms with Gasteiger partial charge < -0.3 is 4.74 Å². The molecule has 0 aromatic heterocycles. The highest BCUT2D eigenvalue weighted by atomic mass is 16.5. The van der Waals surface area contributed by atoms with Crippen LogP contribution >= 0.6 is 0 Å². The first-order chi connectivity index (χ1) is 8.05. The summed E-state index contributed by atoms with van der Waals surface area (Å²) in [7, 11) is 0. The van der Waals surface area contributed by atoms with E-state index >= 15 is 0 Å². The van der Waals surface area contributed by atoms with Crippen molar-refractivity contribution in [2.75, 3.05) is 6.61 Å². The molecule has 0 heterocycles. The van der Waals surface area contributed by atoms with Crippen LogP contribution in [0.3, 0.4) is 0 Å². The van der Waals surface area contributed by atoms with Crippen LogP contribution in [0.25, 0.3) is 0 Å². The standard InChI is InChI=1S/C15H22O2/c1-4-15(2,3)17-12-8-11-14(16)13-9-6-5-7-10-13/h5-7,9-10H,4,8,11-12H2,1-3H3. The third-order valence-electron chi connectivity index (χ3n) is 2.99. The molecule has 0 aliphatic rings. The summed E-state index contributed by atoms with van der Waals surface area (Å²) < 4.78 is 5.71. The van der Waals surface area contributed by atoms with Crippen molar-refractivity contribution >= 4 is 5.78 Å². The molecule has 1 aromatic rings. The van der Waals surface area contributed by atoms with Gasteiger partial charge in [-0.2, -0.15) is 0 Å². The smallest absolute Gasteiger partial charge is 0.162 e. The van der Waals surface area contributed by atoms with Gasteiger partial charge in [-0.3, -0.25) is 4.79 Å². The average Bonchev–Trinajstić information content (AvgIpc) is 2.35. The topological polar surface area (TPSA) is 26.3 Å². The number of rotatable bonds is 7. The summed E-state index contributed by atoms with van der Waals surface area (Å²) in [5, 5.41) is 0. The SMILES string of the molecule is CCC(C)(C)OCCCC(=O)c1ccccc1. The maximum Gasteiger partial charge on any atom is 0.162 e. The molecular formula is C15H22O2. The molecular weight excluding hydrogens is 212 g/mol. The molecule has 17 heavy (non-hydrogen) atoms. The zero-order chi connectivity index (χ0) is 12.7. The lowest BCUT2D eigenvalue weighted by Crippen LogP contribution is -2.23. The highest BCUT2D eigenvalue weighted by Crippen LogP contribution is 2.14. The van der Waals surface area contributed by atoms with Crippen LogP contribution < -0.4 is 0 Å². The number of benzene rings is 1. The first kappa shape index (κ1) is 13.9. The number of carbonyl (C=O) groups excluding carboxylic acids is 1. The van der Waals surface area contributed by atoms with Crippen LogP contribution in [0.15, 0.2) is 30.3 Å². The highest BCUT2D eigenvalue weighted by molar-refractivity contribution is 5.95. The zero-order valence-electron chi connectivity index (χ0n) is 11.0. The molecule has 1 rings (SSSR count). The molecule has 0 unspecified atom stereocenters. The second-order valence-electron chi connectivity index (χ2n) is 4.85. The lowest BCUT2D eigenvalue weighted by atomic mass is 10.1. The Morgan fingerprint density at radius 3 is 2.47 bits per heavy atom. The summed E-state index contributed by atoms with van der Waals surface area (Å²) in [5.41, 5.74) is 0.720. The number of ketones is 1. The Morgan fingerprint density at radius 1 is 1.24 bits per heavy atom. The van der Waals surface area contributed by atoms with E-state index in [0.29, 0.717) is 13.0 Å². The second-order valence-corrected chi connectivity index (χ2v) is 4.85. The minimum atomic E-state index is -0.0736. The number of carbonyl (C=O) groups is 1. The van der Waals surface area contributed by atoms with Gasteiger partial charge in [-0.05, 0) is 26.7 Å². The molecule has 94 valence electrons. The lowest BCUT2D eigenvalue weighted by Gasteiger charge is -2.23. The monoisotopic (exact) mass is 234 g/mol. The normalized spacial score (nSPS) is 11.5. The summed E-state index contributed by atoms with van der Waals surface area (Å²) in [6.07, 6.45) is 2.33. The van der Waals surface area contributed by atoms with Crippen molar-refractivity contribution in [3.8, 4) is 0 Å². The molecule has 0 saturated heterocycles. The molecule has 0 bridgehead atoms. The summed E-state index contributed by atoms with van der Waals surface area (Å²) in [6, 6.07) is 9.43. The van der Waals surface area contributed by atoms with E-state index in [-0.39, 0.29) is 11.4 Å². The Hall–Kier alpha value is -1.15. The Morgan fingerprint density at radius 2 is 1.88 bits per heavy atom. The fourth-order valence-electron chi connectivity index (χ4n) is 1.45. The predicted molar refractivity (Wildman–Crippen MR) is 70.3 cm³/mol. The van der Waals surface area contributed by atoms with Crippen LogP contribution in [-0.4, -0.2) is 18.0 Å². The van der Waals surface area contributed by atoms with Gasteiger partial charge in [-0.1, -0.05) is 37.3 Å². The molecule has 2 nitrogen and oxygen atoms in total. The van der Waals surface area contributed by atoms with Gasteiger partial charge in [0, 0.05) is 18.6 Å².